The van der Waals surface area contributed by atoms with Crippen LogP contribution < -0.4 is 9.80 Å². The van der Waals surface area contributed by atoms with Crippen LogP contribution in [0.4, 0.5) is 11.6 Å². The quantitative estimate of drug-likeness (QED) is 0.713. The standard InChI is InChI=1S/C22H24N4O2/c27-15-18-8-4-10-23-21(18)25-12-13-26(22-19(16-28)9-5-11-24-22)20(14-25)17-6-2-1-3-7-17/h1-11,20,27-28H,12-16H2. The Hall–Kier alpha value is -2.96. The van der Waals surface area contributed by atoms with Gasteiger partial charge in [0, 0.05) is 43.2 Å². The summed E-state index contributed by atoms with van der Waals surface area (Å²) in [4.78, 5) is 13.6. The Morgan fingerprint density at radius 3 is 2.11 bits per heavy atom. The van der Waals surface area contributed by atoms with Crippen LogP contribution in [0.2, 0.25) is 0 Å². The summed E-state index contributed by atoms with van der Waals surface area (Å²) in [5.41, 5.74) is 2.84. The topological polar surface area (TPSA) is 72.7 Å². The highest BCUT2D eigenvalue weighted by atomic mass is 16.3. The van der Waals surface area contributed by atoms with E-state index in [2.05, 4.69) is 31.9 Å². The normalized spacial score (nSPS) is 17.0. The van der Waals surface area contributed by atoms with Crippen LogP contribution in [0.15, 0.2) is 67.0 Å². The molecule has 1 saturated heterocycles. The molecule has 3 aromatic rings. The van der Waals surface area contributed by atoms with Crippen molar-refractivity contribution in [2.45, 2.75) is 19.3 Å². The number of benzene rings is 1. The summed E-state index contributed by atoms with van der Waals surface area (Å²) < 4.78 is 0. The zero-order chi connectivity index (χ0) is 19.3. The summed E-state index contributed by atoms with van der Waals surface area (Å²) in [7, 11) is 0. The van der Waals surface area contributed by atoms with E-state index in [4.69, 9.17) is 0 Å². The second-order valence-electron chi connectivity index (χ2n) is 6.85. The van der Waals surface area contributed by atoms with Gasteiger partial charge in [-0.1, -0.05) is 42.5 Å². The van der Waals surface area contributed by atoms with E-state index >= 15 is 0 Å². The van der Waals surface area contributed by atoms with E-state index in [0.717, 1.165) is 42.4 Å². The zero-order valence-corrected chi connectivity index (χ0v) is 15.6. The first-order valence-electron chi connectivity index (χ1n) is 9.48. The second-order valence-corrected chi connectivity index (χ2v) is 6.85. The highest BCUT2D eigenvalue weighted by Gasteiger charge is 2.31. The second kappa shape index (κ2) is 8.37. The molecule has 2 N–H and O–H groups in total. The first-order chi connectivity index (χ1) is 13.8. The van der Waals surface area contributed by atoms with Crippen molar-refractivity contribution in [3.63, 3.8) is 0 Å². The molecular formula is C22H24N4O2. The number of hydrogen-bond donors (Lipinski definition) is 2. The maximum absolute atomic E-state index is 9.79. The van der Waals surface area contributed by atoms with Crippen molar-refractivity contribution in [2.75, 3.05) is 29.4 Å². The number of nitrogens with zero attached hydrogens (tertiary/aromatic N) is 4. The van der Waals surface area contributed by atoms with Gasteiger partial charge in [0.1, 0.15) is 11.6 Å². The third-order valence-electron chi connectivity index (χ3n) is 5.21. The Morgan fingerprint density at radius 1 is 0.786 bits per heavy atom. The van der Waals surface area contributed by atoms with Crippen LogP contribution in [-0.4, -0.2) is 39.8 Å². The third-order valence-corrected chi connectivity index (χ3v) is 5.21. The van der Waals surface area contributed by atoms with Crippen LogP contribution in [0, 0.1) is 0 Å². The number of piperazine rings is 1. The third kappa shape index (κ3) is 3.56. The number of rotatable bonds is 5. The van der Waals surface area contributed by atoms with Gasteiger partial charge in [0.15, 0.2) is 0 Å². The van der Waals surface area contributed by atoms with Crippen LogP contribution in [-0.2, 0) is 13.2 Å². The average molecular weight is 376 g/mol. The first kappa shape index (κ1) is 18.4. The average Bonchev–Trinajstić information content (AvgIpc) is 2.79. The number of hydrogen-bond acceptors (Lipinski definition) is 6. The molecule has 0 radical (unpaired) electrons. The number of pyridine rings is 2. The van der Waals surface area contributed by atoms with Gasteiger partial charge < -0.3 is 20.0 Å². The molecule has 3 heterocycles. The minimum atomic E-state index is -0.0419. The van der Waals surface area contributed by atoms with Gasteiger partial charge in [0.2, 0.25) is 0 Å². The molecule has 1 aromatic carbocycles. The summed E-state index contributed by atoms with van der Waals surface area (Å²) in [6.45, 7) is 2.14. The molecule has 0 aliphatic carbocycles. The van der Waals surface area contributed by atoms with Gasteiger partial charge in [-0.15, -0.1) is 0 Å². The fourth-order valence-electron chi connectivity index (χ4n) is 3.84. The maximum atomic E-state index is 9.79. The SMILES string of the molecule is OCc1cccnc1N1CCN(c2ncccc2CO)C(c2ccccc2)C1. The van der Waals surface area contributed by atoms with Crippen molar-refractivity contribution in [3.05, 3.63) is 83.7 Å². The van der Waals surface area contributed by atoms with Crippen molar-refractivity contribution in [1.82, 2.24) is 9.97 Å². The van der Waals surface area contributed by atoms with E-state index in [0.29, 0.717) is 0 Å². The Bertz CT molecular complexity index is 919. The van der Waals surface area contributed by atoms with Crippen molar-refractivity contribution in [2.24, 2.45) is 0 Å². The minimum Gasteiger partial charge on any atom is -0.392 e. The predicted molar refractivity (Wildman–Crippen MR) is 109 cm³/mol. The first-order valence-corrected chi connectivity index (χ1v) is 9.48. The van der Waals surface area contributed by atoms with E-state index in [1.165, 1.54) is 5.56 Å². The molecule has 6 heteroatoms. The van der Waals surface area contributed by atoms with Crippen LogP contribution in [0.5, 0.6) is 0 Å². The highest BCUT2D eigenvalue weighted by molar-refractivity contribution is 5.54. The van der Waals surface area contributed by atoms with Gasteiger partial charge in [-0.3, -0.25) is 0 Å². The molecule has 28 heavy (non-hydrogen) atoms. The monoisotopic (exact) mass is 376 g/mol. The highest BCUT2D eigenvalue weighted by Crippen LogP contribution is 2.33. The van der Waals surface area contributed by atoms with Crippen LogP contribution >= 0.6 is 0 Å². The van der Waals surface area contributed by atoms with Gasteiger partial charge in [0.25, 0.3) is 0 Å². The lowest BCUT2D eigenvalue weighted by atomic mass is 10.0. The van der Waals surface area contributed by atoms with Crippen molar-refractivity contribution < 1.29 is 10.2 Å². The van der Waals surface area contributed by atoms with Gasteiger partial charge in [-0.2, -0.15) is 0 Å². The summed E-state index contributed by atoms with van der Waals surface area (Å²) in [6, 6.07) is 17.9. The molecule has 1 fully saturated rings. The molecule has 1 atom stereocenters. The van der Waals surface area contributed by atoms with E-state index in [-0.39, 0.29) is 19.3 Å². The number of aliphatic hydroxyl groups excluding tert-OH is 2. The molecular weight excluding hydrogens is 352 g/mol. The Morgan fingerprint density at radius 2 is 1.43 bits per heavy atom. The Labute approximate surface area is 164 Å². The van der Waals surface area contributed by atoms with Gasteiger partial charge in [0.05, 0.1) is 19.3 Å². The molecule has 0 saturated carbocycles. The van der Waals surface area contributed by atoms with E-state index in [1.54, 1.807) is 12.4 Å². The van der Waals surface area contributed by atoms with Crippen LogP contribution in [0.3, 0.4) is 0 Å². The van der Waals surface area contributed by atoms with Crippen LogP contribution in [0.25, 0.3) is 0 Å². The Kier molecular flexibility index (Phi) is 5.50. The largest absolute Gasteiger partial charge is 0.392 e. The lowest BCUT2D eigenvalue weighted by Gasteiger charge is -2.43. The van der Waals surface area contributed by atoms with Crippen LogP contribution in [0.1, 0.15) is 22.7 Å². The number of aromatic nitrogens is 2. The van der Waals surface area contributed by atoms with E-state index in [1.807, 2.05) is 42.5 Å². The molecule has 1 unspecified atom stereocenters. The summed E-state index contributed by atoms with van der Waals surface area (Å²) >= 11 is 0. The Balaban J connectivity index is 1.71. The van der Waals surface area contributed by atoms with Gasteiger partial charge >= 0.3 is 0 Å². The van der Waals surface area contributed by atoms with Crippen molar-refractivity contribution in [1.29, 1.82) is 0 Å². The predicted octanol–water partition coefficient (Wildman–Crippen LogP) is 2.53. The lowest BCUT2D eigenvalue weighted by molar-refractivity contribution is 0.280. The summed E-state index contributed by atoms with van der Waals surface area (Å²) in [5, 5.41) is 19.5. The molecule has 2 aromatic heterocycles. The lowest BCUT2D eigenvalue weighted by Crippen LogP contribution is -2.49. The van der Waals surface area contributed by atoms with Gasteiger partial charge in [-0.05, 0) is 17.7 Å². The molecule has 144 valence electrons. The molecule has 0 bridgehead atoms. The zero-order valence-electron chi connectivity index (χ0n) is 15.6. The summed E-state index contributed by atoms with van der Waals surface area (Å²) in [6.07, 6.45) is 3.53. The van der Waals surface area contributed by atoms with Gasteiger partial charge in [-0.25, -0.2) is 9.97 Å². The molecule has 1 aliphatic rings. The van der Waals surface area contributed by atoms with Crippen molar-refractivity contribution in [3.8, 4) is 0 Å². The fourth-order valence-corrected chi connectivity index (χ4v) is 3.84. The van der Waals surface area contributed by atoms with E-state index < -0.39 is 0 Å². The molecule has 4 rings (SSSR count). The number of aliphatic hydroxyl groups is 2. The minimum absolute atomic E-state index is 0.0334. The maximum Gasteiger partial charge on any atom is 0.134 e. The molecule has 0 amide bonds. The molecule has 0 spiro atoms. The van der Waals surface area contributed by atoms with Crippen molar-refractivity contribution >= 4 is 11.6 Å². The number of anilines is 2. The smallest absolute Gasteiger partial charge is 0.134 e. The molecule has 1 aliphatic heterocycles. The van der Waals surface area contributed by atoms with E-state index in [9.17, 15) is 10.2 Å². The fraction of sp³-hybridized carbons (Fsp3) is 0.273. The summed E-state index contributed by atoms with van der Waals surface area (Å²) in [5.74, 6) is 1.65. The molecule has 6 nitrogen and oxygen atoms in total.